The normalized spacial score (nSPS) is 12.7. The Hall–Kier alpha value is -1.33. The summed E-state index contributed by atoms with van der Waals surface area (Å²) >= 11 is 1.11. The lowest BCUT2D eigenvalue weighted by Gasteiger charge is -2.08. The van der Waals surface area contributed by atoms with E-state index >= 15 is 0 Å². The van der Waals surface area contributed by atoms with Gasteiger partial charge in [-0.05, 0) is 18.1 Å². The van der Waals surface area contributed by atoms with E-state index in [-0.39, 0.29) is 11.9 Å². The highest BCUT2D eigenvalue weighted by atomic mass is 32.1. The SMILES string of the molecule is NC(Cc1ccccc1F)c1cnsn1. The molecule has 1 aromatic carbocycles. The molecule has 1 heterocycles. The third-order valence-corrected chi connectivity index (χ3v) is 2.65. The van der Waals surface area contributed by atoms with Crippen LogP contribution in [0.3, 0.4) is 0 Å². The zero-order chi connectivity index (χ0) is 10.7. The summed E-state index contributed by atoms with van der Waals surface area (Å²) in [6.45, 7) is 0. The fraction of sp³-hybridized carbons (Fsp3) is 0.200. The van der Waals surface area contributed by atoms with Gasteiger partial charge in [-0.3, -0.25) is 0 Å². The molecule has 1 aromatic heterocycles. The van der Waals surface area contributed by atoms with Crippen molar-refractivity contribution in [1.82, 2.24) is 8.75 Å². The number of nitrogens with zero attached hydrogens (tertiary/aromatic N) is 2. The molecule has 2 rings (SSSR count). The van der Waals surface area contributed by atoms with Gasteiger partial charge in [0.25, 0.3) is 0 Å². The highest BCUT2D eigenvalue weighted by Crippen LogP contribution is 2.16. The number of halogens is 1. The van der Waals surface area contributed by atoms with Crippen molar-refractivity contribution >= 4 is 11.7 Å². The summed E-state index contributed by atoms with van der Waals surface area (Å²) in [4.78, 5) is 0. The van der Waals surface area contributed by atoms with Gasteiger partial charge >= 0.3 is 0 Å². The quantitative estimate of drug-likeness (QED) is 0.864. The largest absolute Gasteiger partial charge is 0.322 e. The van der Waals surface area contributed by atoms with Crippen molar-refractivity contribution in [2.45, 2.75) is 12.5 Å². The van der Waals surface area contributed by atoms with E-state index in [1.165, 1.54) is 6.07 Å². The lowest BCUT2D eigenvalue weighted by molar-refractivity contribution is 0.591. The summed E-state index contributed by atoms with van der Waals surface area (Å²) in [6, 6.07) is 6.33. The third-order valence-electron chi connectivity index (χ3n) is 2.16. The highest BCUT2D eigenvalue weighted by Gasteiger charge is 2.11. The third kappa shape index (κ3) is 2.37. The highest BCUT2D eigenvalue weighted by molar-refractivity contribution is 6.99. The van der Waals surface area contributed by atoms with Gasteiger partial charge in [-0.15, -0.1) is 0 Å². The molecule has 0 saturated carbocycles. The zero-order valence-corrected chi connectivity index (χ0v) is 8.75. The number of benzene rings is 1. The Labute approximate surface area is 91.1 Å². The standard InChI is InChI=1S/C10H10FN3S/c11-8-4-2-1-3-7(8)5-9(12)10-6-13-15-14-10/h1-4,6,9H,5,12H2. The second kappa shape index (κ2) is 4.46. The monoisotopic (exact) mass is 223 g/mol. The van der Waals surface area contributed by atoms with E-state index < -0.39 is 0 Å². The van der Waals surface area contributed by atoms with Gasteiger partial charge in [-0.2, -0.15) is 8.75 Å². The van der Waals surface area contributed by atoms with Crippen LogP contribution in [-0.4, -0.2) is 8.75 Å². The van der Waals surface area contributed by atoms with E-state index in [1.54, 1.807) is 24.4 Å². The Morgan fingerprint density at radius 2 is 2.20 bits per heavy atom. The Bertz CT molecular complexity index is 430. The summed E-state index contributed by atoms with van der Waals surface area (Å²) in [5, 5.41) is 0. The van der Waals surface area contributed by atoms with E-state index in [4.69, 9.17) is 5.73 Å². The van der Waals surface area contributed by atoms with Gasteiger partial charge in [-0.25, -0.2) is 4.39 Å². The van der Waals surface area contributed by atoms with Gasteiger partial charge in [0.15, 0.2) is 0 Å². The molecule has 0 aliphatic rings. The molecule has 0 bridgehead atoms. The molecule has 1 unspecified atom stereocenters. The molecule has 1 atom stereocenters. The topological polar surface area (TPSA) is 51.8 Å². The lowest BCUT2D eigenvalue weighted by Crippen LogP contribution is -2.14. The minimum atomic E-state index is -0.291. The molecule has 15 heavy (non-hydrogen) atoms. The molecule has 0 amide bonds. The van der Waals surface area contributed by atoms with Gasteiger partial charge in [0.05, 0.1) is 29.7 Å². The van der Waals surface area contributed by atoms with Gasteiger partial charge in [0.2, 0.25) is 0 Å². The molecule has 2 N–H and O–H groups in total. The Morgan fingerprint density at radius 1 is 1.40 bits per heavy atom. The van der Waals surface area contributed by atoms with Crippen LogP contribution in [0.25, 0.3) is 0 Å². The second-order valence-electron chi connectivity index (χ2n) is 3.23. The van der Waals surface area contributed by atoms with Crippen molar-refractivity contribution < 1.29 is 4.39 Å². The average Bonchev–Trinajstić information content (AvgIpc) is 2.74. The summed E-state index contributed by atoms with van der Waals surface area (Å²) in [5.74, 6) is -0.226. The number of aromatic nitrogens is 2. The number of hydrogen-bond acceptors (Lipinski definition) is 4. The van der Waals surface area contributed by atoms with Crippen LogP contribution in [0.15, 0.2) is 30.5 Å². The Balaban J connectivity index is 2.13. The minimum absolute atomic E-state index is 0.226. The van der Waals surface area contributed by atoms with Crippen molar-refractivity contribution in [3.63, 3.8) is 0 Å². The van der Waals surface area contributed by atoms with Crippen LogP contribution in [-0.2, 0) is 6.42 Å². The molecular weight excluding hydrogens is 213 g/mol. The van der Waals surface area contributed by atoms with Crippen molar-refractivity contribution in [1.29, 1.82) is 0 Å². The van der Waals surface area contributed by atoms with Crippen molar-refractivity contribution in [2.24, 2.45) is 5.73 Å². The first-order valence-corrected chi connectivity index (χ1v) is 5.27. The smallest absolute Gasteiger partial charge is 0.126 e. The summed E-state index contributed by atoms with van der Waals surface area (Å²) < 4.78 is 21.2. The fourth-order valence-corrected chi connectivity index (χ4v) is 1.82. The fourth-order valence-electron chi connectivity index (χ4n) is 1.34. The molecule has 2 aromatic rings. The minimum Gasteiger partial charge on any atom is -0.322 e. The average molecular weight is 223 g/mol. The maximum absolute atomic E-state index is 13.3. The molecule has 0 radical (unpaired) electrons. The Kier molecular flexibility index (Phi) is 3.03. The van der Waals surface area contributed by atoms with Gasteiger partial charge in [-0.1, -0.05) is 18.2 Å². The first-order chi connectivity index (χ1) is 7.27. The van der Waals surface area contributed by atoms with Gasteiger partial charge in [0, 0.05) is 0 Å². The summed E-state index contributed by atoms with van der Waals surface area (Å²) in [6.07, 6.45) is 2.06. The van der Waals surface area contributed by atoms with E-state index in [0.717, 1.165) is 11.7 Å². The molecule has 0 fully saturated rings. The number of nitrogens with two attached hydrogens (primary N) is 1. The van der Waals surface area contributed by atoms with Gasteiger partial charge < -0.3 is 5.73 Å². The van der Waals surface area contributed by atoms with Crippen molar-refractivity contribution in [3.8, 4) is 0 Å². The van der Waals surface area contributed by atoms with Crippen LogP contribution in [0.1, 0.15) is 17.3 Å². The van der Waals surface area contributed by atoms with E-state index in [0.29, 0.717) is 17.7 Å². The van der Waals surface area contributed by atoms with E-state index in [1.807, 2.05) is 0 Å². The summed E-state index contributed by atoms with van der Waals surface area (Å²) in [7, 11) is 0. The van der Waals surface area contributed by atoms with Crippen LogP contribution in [0.4, 0.5) is 4.39 Å². The van der Waals surface area contributed by atoms with Crippen LogP contribution >= 0.6 is 11.7 Å². The molecule has 78 valence electrons. The molecule has 3 nitrogen and oxygen atoms in total. The van der Waals surface area contributed by atoms with E-state index in [9.17, 15) is 4.39 Å². The van der Waals surface area contributed by atoms with Crippen molar-refractivity contribution in [3.05, 3.63) is 47.5 Å². The van der Waals surface area contributed by atoms with Crippen molar-refractivity contribution in [2.75, 3.05) is 0 Å². The molecule has 0 aliphatic carbocycles. The number of rotatable bonds is 3. The predicted octanol–water partition coefficient (Wildman–Crippen LogP) is 1.92. The zero-order valence-electron chi connectivity index (χ0n) is 7.93. The maximum atomic E-state index is 13.3. The lowest BCUT2D eigenvalue weighted by atomic mass is 10.0. The van der Waals surface area contributed by atoms with Crippen LogP contribution < -0.4 is 5.73 Å². The second-order valence-corrected chi connectivity index (χ2v) is 3.79. The van der Waals surface area contributed by atoms with Crippen LogP contribution in [0.2, 0.25) is 0 Å². The van der Waals surface area contributed by atoms with Gasteiger partial charge in [0.1, 0.15) is 5.82 Å². The van der Waals surface area contributed by atoms with Crippen LogP contribution in [0.5, 0.6) is 0 Å². The molecule has 0 spiro atoms. The maximum Gasteiger partial charge on any atom is 0.126 e. The predicted molar refractivity (Wildman–Crippen MR) is 56.9 cm³/mol. The number of hydrogen-bond donors (Lipinski definition) is 1. The first-order valence-electron chi connectivity index (χ1n) is 4.54. The van der Waals surface area contributed by atoms with Crippen LogP contribution in [0, 0.1) is 5.82 Å². The molecule has 0 aliphatic heterocycles. The Morgan fingerprint density at radius 3 is 2.87 bits per heavy atom. The molecule has 0 saturated heterocycles. The molecule has 5 heteroatoms. The van der Waals surface area contributed by atoms with E-state index in [2.05, 4.69) is 8.75 Å². The first kappa shape index (κ1) is 10.2. The molecular formula is C10H10FN3S. The summed E-state index contributed by atoms with van der Waals surface area (Å²) in [5.41, 5.74) is 7.20.